The maximum absolute atomic E-state index is 12.1. The first-order valence-electron chi connectivity index (χ1n) is 8.57. The molecule has 8 nitrogen and oxygen atoms in total. The molecule has 0 radical (unpaired) electrons. The number of carbonyl (C=O) groups is 3. The third-order valence-electron chi connectivity index (χ3n) is 4.16. The number of urea groups is 1. The number of amides is 2. The molecule has 10 heteroatoms. The van der Waals surface area contributed by atoms with Crippen molar-refractivity contribution in [1.82, 2.24) is 15.6 Å². The van der Waals surface area contributed by atoms with Crippen LogP contribution in [0.2, 0.25) is 5.15 Å². The molecule has 1 aliphatic rings. The Hall–Kier alpha value is -3.17. The highest BCUT2D eigenvalue weighted by Crippen LogP contribution is 2.33. The number of nitrogens with one attached hydrogen (secondary N) is 2. The number of aromatic nitrogens is 1. The van der Waals surface area contributed by atoms with Crippen LogP contribution >= 0.6 is 27.5 Å². The number of aliphatic carboxylic acids is 1. The summed E-state index contributed by atoms with van der Waals surface area (Å²) < 4.78 is 5.73. The van der Waals surface area contributed by atoms with E-state index in [2.05, 4.69) is 31.5 Å². The molecule has 0 spiro atoms. The Labute approximate surface area is 184 Å². The Kier molecular flexibility index (Phi) is 6.53. The van der Waals surface area contributed by atoms with Gasteiger partial charge in [0.2, 0.25) is 0 Å². The summed E-state index contributed by atoms with van der Waals surface area (Å²) in [6.07, 6.45) is 4.30. The van der Waals surface area contributed by atoms with Gasteiger partial charge in [-0.15, -0.1) is 0 Å². The lowest BCUT2D eigenvalue weighted by atomic mass is 9.95. The molecule has 0 fully saturated rings. The smallest absolute Gasteiger partial charge is 0.336 e. The zero-order valence-electron chi connectivity index (χ0n) is 15.5. The fraction of sp³-hybridized carbons (Fsp3) is 0.100. The first-order chi connectivity index (χ1) is 14.2. The van der Waals surface area contributed by atoms with Crippen LogP contribution in [0.4, 0.5) is 4.79 Å². The van der Waals surface area contributed by atoms with E-state index in [0.717, 1.165) is 0 Å². The van der Waals surface area contributed by atoms with Crippen LogP contribution in [-0.2, 0) is 9.59 Å². The van der Waals surface area contributed by atoms with Crippen LogP contribution in [0.1, 0.15) is 24.1 Å². The third-order valence-corrected chi connectivity index (χ3v) is 4.99. The summed E-state index contributed by atoms with van der Waals surface area (Å²) in [7, 11) is 0. The monoisotopic (exact) mass is 491 g/mol. The lowest BCUT2D eigenvalue weighted by Crippen LogP contribution is -2.45. The van der Waals surface area contributed by atoms with Crippen molar-refractivity contribution in [2.75, 3.05) is 0 Å². The number of hydrogen-bond donors (Lipinski definition) is 3. The molecule has 2 heterocycles. The van der Waals surface area contributed by atoms with Crippen molar-refractivity contribution >= 4 is 51.6 Å². The van der Waals surface area contributed by atoms with Gasteiger partial charge >= 0.3 is 18.0 Å². The number of hydrogen-bond acceptors (Lipinski definition) is 5. The molecule has 0 saturated heterocycles. The maximum Gasteiger partial charge on any atom is 0.336 e. The molecule has 30 heavy (non-hydrogen) atoms. The number of carboxylic acid groups (broad SMARTS) is 1. The van der Waals surface area contributed by atoms with Crippen LogP contribution in [0, 0.1) is 0 Å². The molecule has 154 valence electrons. The maximum atomic E-state index is 12.1. The van der Waals surface area contributed by atoms with Crippen molar-refractivity contribution in [3.63, 3.8) is 0 Å². The van der Waals surface area contributed by atoms with Gasteiger partial charge in [0, 0.05) is 18.0 Å². The molecular weight excluding hydrogens is 478 g/mol. The van der Waals surface area contributed by atoms with Crippen LogP contribution in [0.3, 0.4) is 0 Å². The molecule has 1 aromatic carbocycles. The minimum atomic E-state index is -1.15. The van der Waals surface area contributed by atoms with Crippen LogP contribution in [0.25, 0.3) is 6.08 Å². The van der Waals surface area contributed by atoms with Gasteiger partial charge in [0.05, 0.1) is 16.1 Å². The molecule has 1 unspecified atom stereocenters. The Morgan fingerprint density at radius 1 is 1.30 bits per heavy atom. The molecule has 0 bridgehead atoms. The molecule has 0 aliphatic carbocycles. The van der Waals surface area contributed by atoms with Gasteiger partial charge in [-0.1, -0.05) is 17.7 Å². The van der Waals surface area contributed by atoms with Crippen molar-refractivity contribution in [3.05, 3.63) is 74.6 Å². The Morgan fingerprint density at radius 3 is 2.73 bits per heavy atom. The first-order valence-corrected chi connectivity index (χ1v) is 9.74. The molecule has 3 rings (SSSR count). The number of carbonyl (C=O) groups excluding carboxylic acids is 2. The summed E-state index contributed by atoms with van der Waals surface area (Å²) in [5.41, 5.74) is 1.47. The van der Waals surface area contributed by atoms with E-state index in [-0.39, 0.29) is 17.0 Å². The number of nitrogens with zero attached hydrogens (tertiary/aromatic N) is 1. The van der Waals surface area contributed by atoms with E-state index in [4.69, 9.17) is 16.3 Å². The zero-order chi connectivity index (χ0) is 21.8. The highest BCUT2D eigenvalue weighted by molar-refractivity contribution is 9.10. The second-order valence-corrected chi connectivity index (χ2v) is 7.47. The predicted octanol–water partition coefficient (Wildman–Crippen LogP) is 3.83. The van der Waals surface area contributed by atoms with Crippen LogP contribution in [-0.4, -0.2) is 28.1 Å². The van der Waals surface area contributed by atoms with E-state index in [0.29, 0.717) is 20.8 Å². The minimum absolute atomic E-state index is 0.0187. The Bertz CT molecular complexity index is 1100. The fourth-order valence-corrected chi connectivity index (χ4v) is 3.49. The minimum Gasteiger partial charge on any atom is -0.478 e. The quantitative estimate of drug-likeness (QED) is 0.253. The average Bonchev–Trinajstić information content (AvgIpc) is 2.67. The molecule has 1 aromatic heterocycles. The van der Waals surface area contributed by atoms with E-state index in [1.165, 1.54) is 31.3 Å². The van der Waals surface area contributed by atoms with Gasteiger partial charge in [0.1, 0.15) is 10.9 Å². The van der Waals surface area contributed by atoms with E-state index < -0.39 is 24.0 Å². The van der Waals surface area contributed by atoms with Gasteiger partial charge in [0.25, 0.3) is 0 Å². The van der Waals surface area contributed by atoms with Crippen molar-refractivity contribution in [3.8, 4) is 5.75 Å². The molecule has 2 amide bonds. The van der Waals surface area contributed by atoms with Crippen LogP contribution in [0.5, 0.6) is 5.75 Å². The number of rotatable bonds is 5. The predicted molar refractivity (Wildman–Crippen MR) is 113 cm³/mol. The topological polar surface area (TPSA) is 118 Å². The average molecular weight is 493 g/mol. The second kappa shape index (κ2) is 9.10. The Morgan fingerprint density at radius 2 is 2.07 bits per heavy atom. The van der Waals surface area contributed by atoms with Gasteiger partial charge in [-0.2, -0.15) is 0 Å². The number of esters is 1. The fourth-order valence-electron chi connectivity index (χ4n) is 2.83. The van der Waals surface area contributed by atoms with Gasteiger partial charge in [-0.25, -0.2) is 19.4 Å². The number of carboxylic acids is 1. The van der Waals surface area contributed by atoms with Crippen molar-refractivity contribution in [2.45, 2.75) is 13.0 Å². The summed E-state index contributed by atoms with van der Waals surface area (Å²) in [6.45, 7) is 1.52. The summed E-state index contributed by atoms with van der Waals surface area (Å²) in [5, 5.41) is 14.8. The number of allylic oxidation sites excluding steroid dienone is 1. The highest BCUT2D eigenvalue weighted by Gasteiger charge is 2.31. The van der Waals surface area contributed by atoms with E-state index in [1.54, 1.807) is 24.3 Å². The number of ether oxygens (including phenoxy) is 1. The number of pyridine rings is 1. The molecule has 2 aromatic rings. The highest BCUT2D eigenvalue weighted by atomic mass is 79.9. The largest absolute Gasteiger partial charge is 0.478 e. The summed E-state index contributed by atoms with van der Waals surface area (Å²) in [5.74, 6) is -1.54. The van der Waals surface area contributed by atoms with E-state index in [1.807, 2.05) is 0 Å². The van der Waals surface area contributed by atoms with Crippen molar-refractivity contribution in [2.24, 2.45) is 0 Å². The Balaban J connectivity index is 1.78. The van der Waals surface area contributed by atoms with Gasteiger partial charge < -0.3 is 20.5 Å². The normalized spacial score (nSPS) is 16.2. The van der Waals surface area contributed by atoms with Crippen LogP contribution in [0.15, 0.2) is 58.3 Å². The molecule has 3 N–H and O–H groups in total. The van der Waals surface area contributed by atoms with Crippen molar-refractivity contribution in [1.29, 1.82) is 0 Å². The van der Waals surface area contributed by atoms with Gasteiger partial charge in [0.15, 0.2) is 0 Å². The second-order valence-electron chi connectivity index (χ2n) is 6.23. The van der Waals surface area contributed by atoms with Crippen LogP contribution < -0.4 is 15.4 Å². The molecule has 1 aliphatic heterocycles. The standard InChI is InChI=1S/C20H15BrClN3O5/c1-10-17(19(27)28)18(25-20(29)24-10)12-3-4-14(13(21)9-12)30-16(26)5-2-11-6-7-23-15(22)8-11/h2-9,18H,1H3,(H,27,28)(H2,24,25,29). The SMILES string of the molecule is CC1=C(C(=O)O)C(c2ccc(OC(=O)C=Cc3ccnc(Cl)c3)c(Br)c2)NC(=O)N1. The lowest BCUT2D eigenvalue weighted by molar-refractivity contribution is -0.133. The summed E-state index contributed by atoms with van der Waals surface area (Å²) in [4.78, 5) is 39.4. The molecule has 1 atom stereocenters. The first kappa shape index (κ1) is 21.5. The molecular formula is C20H15BrClN3O5. The number of halogens is 2. The summed E-state index contributed by atoms with van der Waals surface area (Å²) in [6, 6.07) is 6.59. The van der Waals surface area contributed by atoms with E-state index >= 15 is 0 Å². The zero-order valence-corrected chi connectivity index (χ0v) is 17.8. The molecule has 0 saturated carbocycles. The third kappa shape index (κ3) is 5.05. The van der Waals surface area contributed by atoms with Crippen molar-refractivity contribution < 1.29 is 24.2 Å². The van der Waals surface area contributed by atoms with Gasteiger partial charge in [-0.3, -0.25) is 0 Å². The van der Waals surface area contributed by atoms with E-state index in [9.17, 15) is 19.5 Å². The number of benzene rings is 1. The lowest BCUT2D eigenvalue weighted by Gasteiger charge is -2.27. The van der Waals surface area contributed by atoms with Gasteiger partial charge in [-0.05, 0) is 64.3 Å². The summed E-state index contributed by atoms with van der Waals surface area (Å²) >= 11 is 9.12.